The number of methoxy groups -OCH3 is 1. The number of nitrogens with zero attached hydrogens (tertiary/aromatic N) is 1. The van der Waals surface area contributed by atoms with Crippen LogP contribution in [0.3, 0.4) is 0 Å². The summed E-state index contributed by atoms with van der Waals surface area (Å²) in [5, 5.41) is 0. The SMILES string of the molecule is COc1cc(/C=C2/SC(=S)N(Cc3ccccc3)C2=O)ccc1OC(=O)c1ccccc1Br. The van der Waals surface area contributed by atoms with E-state index in [0.717, 1.165) is 11.1 Å². The van der Waals surface area contributed by atoms with Gasteiger partial charge in [-0.05, 0) is 57.4 Å². The predicted octanol–water partition coefficient (Wildman–Crippen LogP) is 6.08. The number of hydrogen-bond donors (Lipinski definition) is 0. The van der Waals surface area contributed by atoms with Crippen molar-refractivity contribution in [3.63, 3.8) is 0 Å². The third-order valence-electron chi connectivity index (χ3n) is 4.84. The molecule has 1 fully saturated rings. The van der Waals surface area contributed by atoms with Crippen LogP contribution >= 0.6 is 39.9 Å². The van der Waals surface area contributed by atoms with Crippen LogP contribution in [0.15, 0.2) is 82.2 Å². The van der Waals surface area contributed by atoms with E-state index in [4.69, 9.17) is 21.7 Å². The van der Waals surface area contributed by atoms with Crippen LogP contribution in [-0.4, -0.2) is 28.2 Å². The molecule has 4 rings (SSSR count). The number of carbonyl (C=O) groups excluding carboxylic acids is 2. The second-order valence-electron chi connectivity index (χ2n) is 7.03. The topological polar surface area (TPSA) is 55.8 Å². The van der Waals surface area contributed by atoms with Crippen molar-refractivity contribution in [3.05, 3.63) is 98.9 Å². The Balaban J connectivity index is 1.53. The fraction of sp³-hybridized carbons (Fsp3) is 0.0800. The number of halogens is 1. The molecule has 0 aliphatic carbocycles. The summed E-state index contributed by atoms with van der Waals surface area (Å²) < 4.78 is 12.1. The minimum atomic E-state index is -0.504. The molecule has 1 saturated heterocycles. The number of benzene rings is 3. The maximum Gasteiger partial charge on any atom is 0.344 e. The van der Waals surface area contributed by atoms with Gasteiger partial charge in [0, 0.05) is 4.47 Å². The summed E-state index contributed by atoms with van der Waals surface area (Å²) in [7, 11) is 1.49. The number of thiocarbonyl (C=S) groups is 1. The number of esters is 1. The summed E-state index contributed by atoms with van der Waals surface area (Å²) >= 11 is 10.0. The van der Waals surface area contributed by atoms with Gasteiger partial charge in [-0.1, -0.05) is 72.5 Å². The van der Waals surface area contributed by atoms with E-state index in [1.54, 1.807) is 47.4 Å². The van der Waals surface area contributed by atoms with Crippen molar-refractivity contribution in [1.82, 2.24) is 4.90 Å². The Kier molecular flexibility index (Phi) is 7.27. The fourth-order valence-electron chi connectivity index (χ4n) is 3.19. The zero-order valence-corrected chi connectivity index (χ0v) is 20.7. The molecule has 5 nitrogen and oxygen atoms in total. The van der Waals surface area contributed by atoms with Crippen molar-refractivity contribution in [1.29, 1.82) is 0 Å². The van der Waals surface area contributed by atoms with Crippen molar-refractivity contribution in [3.8, 4) is 11.5 Å². The van der Waals surface area contributed by atoms with Crippen LogP contribution in [0.1, 0.15) is 21.5 Å². The molecular weight excluding hydrogens is 522 g/mol. The highest BCUT2D eigenvalue weighted by Gasteiger charge is 2.32. The lowest BCUT2D eigenvalue weighted by Crippen LogP contribution is -2.27. The van der Waals surface area contributed by atoms with E-state index in [1.807, 2.05) is 36.4 Å². The van der Waals surface area contributed by atoms with Crippen LogP contribution in [-0.2, 0) is 11.3 Å². The molecule has 1 amide bonds. The second kappa shape index (κ2) is 10.3. The molecule has 1 aliphatic heterocycles. The fourth-order valence-corrected chi connectivity index (χ4v) is 4.90. The predicted molar refractivity (Wildman–Crippen MR) is 137 cm³/mol. The number of thioether (sulfide) groups is 1. The lowest BCUT2D eigenvalue weighted by atomic mass is 10.1. The molecule has 1 heterocycles. The third-order valence-corrected chi connectivity index (χ3v) is 6.91. The van der Waals surface area contributed by atoms with Gasteiger partial charge in [-0.25, -0.2) is 4.79 Å². The largest absolute Gasteiger partial charge is 0.493 e. The van der Waals surface area contributed by atoms with Crippen LogP contribution in [0.2, 0.25) is 0 Å². The Morgan fingerprint density at radius 1 is 1.06 bits per heavy atom. The zero-order chi connectivity index (χ0) is 23.4. The summed E-state index contributed by atoms with van der Waals surface area (Å²) in [6.45, 7) is 0.427. The number of carbonyl (C=O) groups is 2. The van der Waals surface area contributed by atoms with Crippen molar-refractivity contribution >= 4 is 62.2 Å². The summed E-state index contributed by atoms with van der Waals surface area (Å²) in [4.78, 5) is 27.6. The summed E-state index contributed by atoms with van der Waals surface area (Å²) in [6.07, 6.45) is 1.76. The van der Waals surface area contributed by atoms with Crippen LogP contribution in [0.4, 0.5) is 0 Å². The van der Waals surface area contributed by atoms with Gasteiger partial charge in [-0.3, -0.25) is 9.69 Å². The monoisotopic (exact) mass is 539 g/mol. The molecule has 33 heavy (non-hydrogen) atoms. The van der Waals surface area contributed by atoms with Crippen LogP contribution in [0.25, 0.3) is 6.08 Å². The van der Waals surface area contributed by atoms with Crippen molar-refractivity contribution < 1.29 is 19.1 Å². The molecule has 0 radical (unpaired) electrons. The Morgan fingerprint density at radius 3 is 2.52 bits per heavy atom. The Hall–Kier alpha value is -2.94. The highest BCUT2D eigenvalue weighted by molar-refractivity contribution is 9.10. The van der Waals surface area contributed by atoms with Gasteiger partial charge in [-0.15, -0.1) is 0 Å². The van der Waals surface area contributed by atoms with E-state index in [0.29, 0.717) is 31.6 Å². The smallest absolute Gasteiger partial charge is 0.344 e. The normalized spacial score (nSPS) is 14.6. The van der Waals surface area contributed by atoms with Gasteiger partial charge in [0.25, 0.3) is 5.91 Å². The van der Waals surface area contributed by atoms with Crippen LogP contribution in [0, 0.1) is 0 Å². The van der Waals surface area contributed by atoms with Crippen LogP contribution in [0.5, 0.6) is 11.5 Å². The molecule has 3 aromatic carbocycles. The van der Waals surface area contributed by atoms with E-state index < -0.39 is 5.97 Å². The maximum atomic E-state index is 12.9. The third kappa shape index (κ3) is 5.35. The minimum absolute atomic E-state index is 0.141. The molecule has 0 aromatic heterocycles. The molecular formula is C25H18BrNO4S2. The first-order valence-electron chi connectivity index (χ1n) is 9.90. The van der Waals surface area contributed by atoms with Gasteiger partial charge < -0.3 is 9.47 Å². The van der Waals surface area contributed by atoms with E-state index in [1.165, 1.54) is 18.9 Å². The van der Waals surface area contributed by atoms with Crippen LogP contribution < -0.4 is 9.47 Å². The first-order chi connectivity index (χ1) is 16.0. The molecule has 0 atom stereocenters. The Labute approximate surface area is 209 Å². The van der Waals surface area contributed by atoms with Gasteiger partial charge >= 0.3 is 5.97 Å². The molecule has 1 aliphatic rings. The molecule has 0 N–H and O–H groups in total. The average Bonchev–Trinajstić information content (AvgIpc) is 3.08. The first-order valence-corrected chi connectivity index (χ1v) is 11.9. The molecule has 3 aromatic rings. The molecule has 8 heteroatoms. The Bertz CT molecular complexity index is 1260. The molecule has 166 valence electrons. The number of ether oxygens (including phenoxy) is 2. The minimum Gasteiger partial charge on any atom is -0.493 e. The molecule has 0 bridgehead atoms. The molecule has 0 unspecified atom stereocenters. The summed E-state index contributed by atoms with van der Waals surface area (Å²) in [6, 6.07) is 21.8. The van der Waals surface area contributed by atoms with Gasteiger partial charge in [0.05, 0.1) is 24.1 Å². The maximum absolute atomic E-state index is 12.9. The quantitative estimate of drug-likeness (QED) is 0.164. The average molecular weight is 540 g/mol. The number of rotatable bonds is 6. The zero-order valence-electron chi connectivity index (χ0n) is 17.5. The highest BCUT2D eigenvalue weighted by Crippen LogP contribution is 2.36. The van der Waals surface area contributed by atoms with E-state index >= 15 is 0 Å². The summed E-state index contributed by atoms with van der Waals surface area (Å²) in [5.41, 5.74) is 2.14. The van der Waals surface area contributed by atoms with E-state index in [2.05, 4.69) is 15.9 Å². The summed E-state index contributed by atoms with van der Waals surface area (Å²) in [5.74, 6) is 0.0171. The standard InChI is InChI=1S/C25H18BrNO4S2/c1-30-21-13-17(11-12-20(21)31-24(29)18-9-5-6-10-19(18)26)14-22-23(28)27(25(32)33-22)15-16-7-3-2-4-8-16/h2-14H,15H2,1H3/b22-14+. The van der Waals surface area contributed by atoms with E-state index in [-0.39, 0.29) is 11.7 Å². The lowest BCUT2D eigenvalue weighted by Gasteiger charge is -2.14. The molecule has 0 spiro atoms. The van der Waals surface area contributed by atoms with Crippen molar-refractivity contribution in [2.24, 2.45) is 0 Å². The highest BCUT2D eigenvalue weighted by atomic mass is 79.9. The second-order valence-corrected chi connectivity index (χ2v) is 9.56. The molecule has 0 saturated carbocycles. The Morgan fingerprint density at radius 2 is 1.79 bits per heavy atom. The van der Waals surface area contributed by atoms with Gasteiger partial charge in [-0.2, -0.15) is 0 Å². The van der Waals surface area contributed by atoms with E-state index in [9.17, 15) is 9.59 Å². The van der Waals surface area contributed by atoms with Gasteiger partial charge in [0.2, 0.25) is 0 Å². The lowest BCUT2D eigenvalue weighted by molar-refractivity contribution is -0.122. The number of hydrogen-bond acceptors (Lipinski definition) is 6. The first kappa shape index (κ1) is 23.2. The van der Waals surface area contributed by atoms with Crippen molar-refractivity contribution in [2.45, 2.75) is 6.54 Å². The van der Waals surface area contributed by atoms with Gasteiger partial charge in [0.1, 0.15) is 4.32 Å². The van der Waals surface area contributed by atoms with Crippen molar-refractivity contribution in [2.75, 3.05) is 7.11 Å². The number of amides is 1. The van der Waals surface area contributed by atoms with Gasteiger partial charge in [0.15, 0.2) is 11.5 Å².